The molecule has 2 bridgehead atoms. The van der Waals surface area contributed by atoms with Gasteiger partial charge in [-0.1, -0.05) is 33.6 Å². The SMILES string of the molecule is O=C(OCc1ccc(Cl)nc1)N1[C@H]2CC[C@@H]1[C@@H](Br)C2. The van der Waals surface area contributed by atoms with Crippen molar-refractivity contribution in [2.75, 3.05) is 0 Å². The molecule has 0 saturated carbocycles. The van der Waals surface area contributed by atoms with Crippen molar-refractivity contribution in [3.8, 4) is 0 Å². The van der Waals surface area contributed by atoms with Crippen LogP contribution < -0.4 is 0 Å². The summed E-state index contributed by atoms with van der Waals surface area (Å²) in [6.07, 6.45) is 4.59. The normalized spacial score (nSPS) is 28.7. The number of ether oxygens (including phenoxy) is 1. The summed E-state index contributed by atoms with van der Waals surface area (Å²) in [5.74, 6) is 0. The maximum Gasteiger partial charge on any atom is 0.410 e. The second-order valence-electron chi connectivity index (χ2n) is 5.00. The molecule has 0 spiro atoms. The van der Waals surface area contributed by atoms with E-state index in [9.17, 15) is 4.79 Å². The maximum atomic E-state index is 12.1. The fourth-order valence-corrected chi connectivity index (χ4v) is 3.97. The molecule has 0 N–H and O–H groups in total. The second kappa shape index (κ2) is 5.29. The summed E-state index contributed by atoms with van der Waals surface area (Å²) in [7, 11) is 0. The Hall–Kier alpha value is -0.810. The third-order valence-electron chi connectivity index (χ3n) is 3.82. The summed E-state index contributed by atoms with van der Waals surface area (Å²) < 4.78 is 5.36. The smallest absolute Gasteiger partial charge is 0.410 e. The van der Waals surface area contributed by atoms with Crippen LogP contribution in [0.15, 0.2) is 18.3 Å². The van der Waals surface area contributed by atoms with Gasteiger partial charge in [-0.15, -0.1) is 0 Å². The molecule has 3 heterocycles. The van der Waals surface area contributed by atoms with Crippen LogP contribution in [-0.2, 0) is 11.3 Å². The molecular weight excluding hydrogens is 332 g/mol. The standard InChI is InChI=1S/C13H14BrClN2O2/c14-10-5-9-2-3-11(10)17(9)13(18)19-7-8-1-4-12(15)16-6-8/h1,4,6,9-11H,2-3,5,7H2/t9-,10-,11+/m0/s1. The number of aromatic nitrogens is 1. The predicted octanol–water partition coefficient (Wildman–Crippen LogP) is 3.37. The third-order valence-corrected chi connectivity index (χ3v) is 5.03. The number of amides is 1. The lowest BCUT2D eigenvalue weighted by molar-refractivity contribution is 0.0910. The van der Waals surface area contributed by atoms with Crippen LogP contribution in [0.1, 0.15) is 24.8 Å². The number of halogens is 2. The molecule has 6 heteroatoms. The highest BCUT2D eigenvalue weighted by Crippen LogP contribution is 2.41. The second-order valence-corrected chi connectivity index (χ2v) is 6.56. The minimum Gasteiger partial charge on any atom is -0.444 e. The zero-order chi connectivity index (χ0) is 13.4. The van der Waals surface area contributed by atoms with Gasteiger partial charge in [0.15, 0.2) is 0 Å². The number of carbonyl (C=O) groups is 1. The predicted molar refractivity (Wildman–Crippen MR) is 75.4 cm³/mol. The van der Waals surface area contributed by atoms with E-state index < -0.39 is 0 Å². The van der Waals surface area contributed by atoms with E-state index >= 15 is 0 Å². The Morgan fingerprint density at radius 3 is 2.95 bits per heavy atom. The van der Waals surface area contributed by atoms with Gasteiger partial charge in [0.25, 0.3) is 0 Å². The fourth-order valence-electron chi connectivity index (χ4n) is 2.91. The molecule has 1 aromatic heterocycles. The van der Waals surface area contributed by atoms with Crippen LogP contribution in [0.4, 0.5) is 4.79 Å². The fraction of sp³-hybridized carbons (Fsp3) is 0.538. The van der Waals surface area contributed by atoms with Crippen molar-refractivity contribution >= 4 is 33.6 Å². The highest BCUT2D eigenvalue weighted by Gasteiger charge is 2.48. The molecule has 4 nitrogen and oxygen atoms in total. The molecule has 0 radical (unpaired) electrons. The van der Waals surface area contributed by atoms with Crippen molar-refractivity contribution in [1.82, 2.24) is 9.88 Å². The van der Waals surface area contributed by atoms with Gasteiger partial charge in [0.2, 0.25) is 0 Å². The van der Waals surface area contributed by atoms with Crippen LogP contribution in [0.25, 0.3) is 0 Å². The summed E-state index contributed by atoms with van der Waals surface area (Å²) in [5.41, 5.74) is 0.847. The van der Waals surface area contributed by atoms with Gasteiger partial charge in [-0.25, -0.2) is 9.78 Å². The average Bonchev–Trinajstić information content (AvgIpc) is 2.94. The molecule has 2 aliphatic rings. The van der Waals surface area contributed by atoms with E-state index in [0.717, 1.165) is 24.8 Å². The molecule has 1 aromatic rings. The number of alkyl halides is 1. The molecule has 102 valence electrons. The summed E-state index contributed by atoms with van der Waals surface area (Å²) >= 11 is 9.34. The minimum atomic E-state index is -0.218. The van der Waals surface area contributed by atoms with Crippen LogP contribution in [0.3, 0.4) is 0 Å². The lowest BCUT2D eigenvalue weighted by Gasteiger charge is -2.21. The number of hydrogen-bond donors (Lipinski definition) is 0. The molecule has 2 fully saturated rings. The quantitative estimate of drug-likeness (QED) is 0.609. The minimum absolute atomic E-state index is 0.218. The summed E-state index contributed by atoms with van der Waals surface area (Å²) in [5, 5.41) is 0.440. The van der Waals surface area contributed by atoms with Crippen molar-refractivity contribution in [2.45, 2.75) is 42.8 Å². The van der Waals surface area contributed by atoms with E-state index in [1.807, 2.05) is 11.0 Å². The van der Waals surface area contributed by atoms with Gasteiger partial charge in [0, 0.05) is 28.7 Å². The van der Waals surface area contributed by atoms with E-state index in [-0.39, 0.29) is 12.7 Å². The Morgan fingerprint density at radius 1 is 1.53 bits per heavy atom. The topological polar surface area (TPSA) is 42.4 Å². The lowest BCUT2D eigenvalue weighted by atomic mass is 10.0. The van der Waals surface area contributed by atoms with Crippen molar-refractivity contribution in [1.29, 1.82) is 0 Å². The Bertz CT molecular complexity index is 482. The lowest BCUT2D eigenvalue weighted by Crippen LogP contribution is -2.37. The van der Waals surface area contributed by atoms with Crippen LogP contribution in [0.2, 0.25) is 5.15 Å². The highest BCUT2D eigenvalue weighted by atomic mass is 79.9. The molecule has 19 heavy (non-hydrogen) atoms. The maximum absolute atomic E-state index is 12.1. The first-order valence-electron chi connectivity index (χ1n) is 6.35. The molecule has 0 aliphatic carbocycles. The number of pyridine rings is 1. The average molecular weight is 346 g/mol. The first kappa shape index (κ1) is 13.2. The van der Waals surface area contributed by atoms with Gasteiger partial charge in [-0.3, -0.25) is 0 Å². The number of rotatable bonds is 2. The zero-order valence-corrected chi connectivity index (χ0v) is 12.6. The zero-order valence-electron chi connectivity index (χ0n) is 10.3. The van der Waals surface area contributed by atoms with Gasteiger partial charge >= 0.3 is 6.09 Å². The summed E-state index contributed by atoms with van der Waals surface area (Å²) in [4.78, 5) is 18.4. The van der Waals surface area contributed by atoms with E-state index in [1.54, 1.807) is 12.3 Å². The van der Waals surface area contributed by atoms with Gasteiger partial charge in [0.05, 0.1) is 0 Å². The van der Waals surface area contributed by atoms with E-state index in [1.165, 1.54) is 0 Å². The van der Waals surface area contributed by atoms with Crippen LogP contribution >= 0.6 is 27.5 Å². The molecule has 0 unspecified atom stereocenters. The number of hydrogen-bond acceptors (Lipinski definition) is 3. The van der Waals surface area contributed by atoms with E-state index in [2.05, 4.69) is 20.9 Å². The third kappa shape index (κ3) is 2.58. The Morgan fingerprint density at radius 2 is 2.37 bits per heavy atom. The van der Waals surface area contributed by atoms with E-state index in [4.69, 9.17) is 16.3 Å². The molecule has 2 saturated heterocycles. The number of nitrogens with zero attached hydrogens (tertiary/aromatic N) is 2. The van der Waals surface area contributed by atoms with Gasteiger partial charge in [-0.2, -0.15) is 0 Å². The molecule has 1 amide bonds. The first-order valence-corrected chi connectivity index (χ1v) is 7.64. The molecular formula is C13H14BrClN2O2. The molecule has 3 atom stereocenters. The van der Waals surface area contributed by atoms with Crippen LogP contribution in [0.5, 0.6) is 0 Å². The number of fused-ring (bicyclic) bond motifs is 2. The Labute approximate surface area is 125 Å². The van der Waals surface area contributed by atoms with Crippen LogP contribution in [0, 0.1) is 0 Å². The van der Waals surface area contributed by atoms with Gasteiger partial charge in [-0.05, 0) is 25.3 Å². The Kier molecular flexibility index (Phi) is 3.67. The van der Waals surface area contributed by atoms with Crippen molar-refractivity contribution in [3.05, 3.63) is 29.0 Å². The molecule has 2 aliphatic heterocycles. The van der Waals surface area contributed by atoms with Crippen LogP contribution in [-0.4, -0.2) is 32.9 Å². The van der Waals surface area contributed by atoms with Gasteiger partial charge < -0.3 is 9.64 Å². The van der Waals surface area contributed by atoms with Crippen molar-refractivity contribution in [2.24, 2.45) is 0 Å². The highest BCUT2D eigenvalue weighted by molar-refractivity contribution is 9.09. The molecule has 0 aromatic carbocycles. The monoisotopic (exact) mass is 344 g/mol. The van der Waals surface area contributed by atoms with Crippen molar-refractivity contribution in [3.63, 3.8) is 0 Å². The first-order chi connectivity index (χ1) is 9.15. The molecule has 3 rings (SSSR count). The van der Waals surface area contributed by atoms with E-state index in [0.29, 0.717) is 22.1 Å². The van der Waals surface area contributed by atoms with Crippen molar-refractivity contribution < 1.29 is 9.53 Å². The largest absolute Gasteiger partial charge is 0.444 e. The van der Waals surface area contributed by atoms with Gasteiger partial charge in [0.1, 0.15) is 11.8 Å². The summed E-state index contributed by atoms with van der Waals surface area (Å²) in [6.45, 7) is 0.242. The number of carbonyl (C=O) groups excluding carboxylic acids is 1. The summed E-state index contributed by atoms with van der Waals surface area (Å²) in [6, 6.07) is 4.14. The Balaban J connectivity index is 1.59.